The number of hydrogen-bond donors (Lipinski definition) is 1. The first-order valence-electron chi connectivity index (χ1n) is 9.66. The average Bonchev–Trinajstić information content (AvgIpc) is 3.40. The van der Waals surface area contributed by atoms with E-state index in [9.17, 15) is 13.2 Å². The minimum Gasteiger partial charge on any atom is -0.467 e. The molecule has 1 aliphatic heterocycles. The lowest BCUT2D eigenvalue weighted by Crippen LogP contribution is -2.35. The Balaban J connectivity index is 1.42. The summed E-state index contributed by atoms with van der Waals surface area (Å²) in [5.74, 6) is 0.557. The van der Waals surface area contributed by atoms with Crippen LogP contribution in [-0.4, -0.2) is 46.7 Å². The van der Waals surface area contributed by atoms with E-state index in [4.69, 9.17) is 4.42 Å². The van der Waals surface area contributed by atoms with Gasteiger partial charge >= 0.3 is 0 Å². The zero-order chi connectivity index (χ0) is 20.3. The van der Waals surface area contributed by atoms with E-state index in [1.54, 1.807) is 41.3 Å². The highest BCUT2D eigenvalue weighted by Gasteiger charge is 2.26. The molecular weight excluding hydrogens is 394 g/mol. The van der Waals surface area contributed by atoms with E-state index < -0.39 is 10.0 Å². The molecule has 1 amide bonds. The highest BCUT2D eigenvalue weighted by atomic mass is 32.2. The molecule has 1 fully saturated rings. The highest BCUT2D eigenvalue weighted by molar-refractivity contribution is 7.89. The molecule has 0 radical (unpaired) electrons. The van der Waals surface area contributed by atoms with Crippen LogP contribution in [0.4, 0.5) is 0 Å². The monoisotopic (exact) mass is 417 g/mol. The fourth-order valence-electron chi connectivity index (χ4n) is 3.43. The lowest BCUT2D eigenvalue weighted by Gasteiger charge is -2.25. The van der Waals surface area contributed by atoms with Crippen molar-refractivity contribution >= 4 is 27.0 Å². The summed E-state index contributed by atoms with van der Waals surface area (Å²) >= 11 is 0. The Morgan fingerprint density at radius 1 is 1.17 bits per heavy atom. The first-order chi connectivity index (χ1) is 14.0. The predicted octanol–water partition coefficient (Wildman–Crippen LogP) is 1.91. The van der Waals surface area contributed by atoms with Gasteiger partial charge < -0.3 is 9.73 Å². The molecule has 0 spiro atoms. The Morgan fingerprint density at radius 3 is 2.76 bits per heavy atom. The second-order valence-electron chi connectivity index (χ2n) is 7.03. The number of benzene rings is 1. The first-order valence-corrected chi connectivity index (χ1v) is 11.1. The fraction of sp³-hybridized carbons (Fsp3) is 0.421. The van der Waals surface area contributed by atoms with Crippen LogP contribution in [-0.2, 0) is 27.9 Å². The van der Waals surface area contributed by atoms with Gasteiger partial charge in [0.15, 0.2) is 0 Å². The summed E-state index contributed by atoms with van der Waals surface area (Å²) in [6, 6.07) is 8.40. The molecule has 9 nitrogen and oxygen atoms in total. The van der Waals surface area contributed by atoms with Crippen molar-refractivity contribution in [2.45, 2.75) is 43.7 Å². The van der Waals surface area contributed by atoms with Crippen LogP contribution in [0, 0.1) is 0 Å². The van der Waals surface area contributed by atoms with Gasteiger partial charge in [-0.3, -0.25) is 4.79 Å². The topological polar surface area (TPSA) is 110 Å². The number of furan rings is 1. The van der Waals surface area contributed by atoms with Crippen molar-refractivity contribution in [3.05, 3.63) is 42.4 Å². The molecule has 1 aromatic carbocycles. The molecule has 3 heterocycles. The molecule has 1 aliphatic rings. The molecule has 0 unspecified atom stereocenters. The maximum absolute atomic E-state index is 12.8. The van der Waals surface area contributed by atoms with E-state index in [0.717, 1.165) is 19.3 Å². The molecule has 1 saturated heterocycles. The van der Waals surface area contributed by atoms with Crippen LogP contribution in [0.15, 0.2) is 45.9 Å². The maximum atomic E-state index is 12.8. The van der Waals surface area contributed by atoms with Gasteiger partial charge in [-0.1, -0.05) is 11.6 Å². The molecule has 0 atom stereocenters. The largest absolute Gasteiger partial charge is 0.467 e. The highest BCUT2D eigenvalue weighted by Crippen LogP contribution is 2.23. The van der Waals surface area contributed by atoms with Crippen molar-refractivity contribution in [3.8, 4) is 0 Å². The van der Waals surface area contributed by atoms with E-state index in [1.165, 1.54) is 4.31 Å². The summed E-state index contributed by atoms with van der Waals surface area (Å²) in [5.41, 5.74) is 1.19. The van der Waals surface area contributed by atoms with Crippen LogP contribution in [0.1, 0.15) is 31.4 Å². The predicted molar refractivity (Wildman–Crippen MR) is 105 cm³/mol. The lowest BCUT2D eigenvalue weighted by atomic mass is 10.2. The second kappa shape index (κ2) is 8.34. The van der Waals surface area contributed by atoms with Crippen molar-refractivity contribution in [1.29, 1.82) is 0 Å². The van der Waals surface area contributed by atoms with Gasteiger partial charge in [-0.05, 0) is 43.2 Å². The van der Waals surface area contributed by atoms with Gasteiger partial charge in [-0.15, -0.1) is 5.10 Å². The zero-order valence-electron chi connectivity index (χ0n) is 16.0. The molecule has 4 rings (SSSR count). The van der Waals surface area contributed by atoms with Crippen molar-refractivity contribution in [2.24, 2.45) is 0 Å². The molecule has 0 aliphatic carbocycles. The van der Waals surface area contributed by atoms with Crippen molar-refractivity contribution in [2.75, 3.05) is 13.1 Å². The number of carbonyl (C=O) groups excluding carboxylic acids is 1. The summed E-state index contributed by atoms with van der Waals surface area (Å²) < 4.78 is 34.0. The Kier molecular flexibility index (Phi) is 5.63. The van der Waals surface area contributed by atoms with Gasteiger partial charge in [0.25, 0.3) is 0 Å². The van der Waals surface area contributed by atoms with Crippen molar-refractivity contribution in [1.82, 2.24) is 24.6 Å². The normalized spacial score (nSPS) is 15.6. The third-order valence-corrected chi connectivity index (χ3v) is 6.92. The summed E-state index contributed by atoms with van der Waals surface area (Å²) in [7, 11) is -3.52. The van der Waals surface area contributed by atoms with Crippen LogP contribution >= 0.6 is 0 Å². The van der Waals surface area contributed by atoms with Crippen LogP contribution in [0.25, 0.3) is 11.0 Å². The first kappa shape index (κ1) is 19.6. The lowest BCUT2D eigenvalue weighted by molar-refractivity contribution is -0.121. The number of nitrogens with one attached hydrogen (secondary N) is 1. The minimum atomic E-state index is -3.52. The van der Waals surface area contributed by atoms with Crippen LogP contribution in [0.2, 0.25) is 0 Å². The van der Waals surface area contributed by atoms with E-state index >= 15 is 0 Å². The SMILES string of the molecule is O=C(CCn1nnc2cc(S(=O)(=O)N3CCCCC3)ccc21)NCc1ccco1. The standard InChI is InChI=1S/C19H23N5O4S/c25-19(20-14-15-5-4-12-28-15)8-11-24-18-7-6-16(13-17(18)21-22-24)29(26,27)23-9-2-1-3-10-23/h4-7,12-13H,1-3,8-11,14H2,(H,20,25). The number of piperidine rings is 1. The summed E-state index contributed by atoms with van der Waals surface area (Å²) in [4.78, 5) is 12.3. The number of rotatable bonds is 7. The molecular formula is C19H23N5O4S. The van der Waals surface area contributed by atoms with Gasteiger partial charge in [-0.25, -0.2) is 13.1 Å². The summed E-state index contributed by atoms with van der Waals surface area (Å²) in [5, 5.41) is 10.9. The molecule has 10 heteroatoms. The van der Waals surface area contributed by atoms with Gasteiger partial charge in [0, 0.05) is 19.5 Å². The number of sulfonamides is 1. The third-order valence-electron chi connectivity index (χ3n) is 5.03. The van der Waals surface area contributed by atoms with Crippen LogP contribution in [0.5, 0.6) is 0 Å². The number of hydrogen-bond acceptors (Lipinski definition) is 6. The minimum absolute atomic E-state index is 0.130. The smallest absolute Gasteiger partial charge is 0.243 e. The number of aryl methyl sites for hydroxylation is 1. The second-order valence-corrected chi connectivity index (χ2v) is 8.97. The van der Waals surface area contributed by atoms with Crippen LogP contribution in [0.3, 0.4) is 0 Å². The molecule has 3 aromatic rings. The van der Waals surface area contributed by atoms with E-state index in [0.29, 0.717) is 43.0 Å². The maximum Gasteiger partial charge on any atom is 0.243 e. The third kappa shape index (κ3) is 4.33. The quantitative estimate of drug-likeness (QED) is 0.629. The number of aromatic nitrogens is 3. The molecule has 154 valence electrons. The number of amides is 1. The van der Waals surface area contributed by atoms with E-state index in [1.807, 2.05) is 0 Å². The van der Waals surface area contributed by atoms with E-state index in [2.05, 4.69) is 15.6 Å². The van der Waals surface area contributed by atoms with Gasteiger partial charge in [-0.2, -0.15) is 4.31 Å². The van der Waals surface area contributed by atoms with Crippen LogP contribution < -0.4 is 5.32 Å². The van der Waals surface area contributed by atoms with Gasteiger partial charge in [0.2, 0.25) is 15.9 Å². The Labute approximate surface area is 168 Å². The molecule has 1 N–H and O–H groups in total. The van der Waals surface area contributed by atoms with Crippen molar-refractivity contribution < 1.29 is 17.6 Å². The number of carbonyl (C=O) groups is 1. The summed E-state index contributed by atoms with van der Waals surface area (Å²) in [6.45, 7) is 1.79. The molecule has 0 bridgehead atoms. The van der Waals surface area contributed by atoms with Gasteiger partial charge in [0.1, 0.15) is 11.3 Å². The van der Waals surface area contributed by atoms with Gasteiger partial charge in [0.05, 0.1) is 29.8 Å². The molecule has 2 aromatic heterocycles. The Hall–Kier alpha value is -2.72. The van der Waals surface area contributed by atoms with E-state index in [-0.39, 0.29) is 17.2 Å². The molecule has 0 saturated carbocycles. The average molecular weight is 417 g/mol. The Morgan fingerprint density at radius 2 is 2.00 bits per heavy atom. The number of fused-ring (bicyclic) bond motifs is 1. The zero-order valence-corrected chi connectivity index (χ0v) is 16.8. The molecule has 29 heavy (non-hydrogen) atoms. The Bertz CT molecular complexity index is 1090. The summed E-state index contributed by atoms with van der Waals surface area (Å²) in [6.07, 6.45) is 4.63. The number of nitrogens with zero attached hydrogens (tertiary/aromatic N) is 4. The fourth-order valence-corrected chi connectivity index (χ4v) is 4.96. The van der Waals surface area contributed by atoms with Crippen molar-refractivity contribution in [3.63, 3.8) is 0 Å².